The molecule has 0 bridgehead atoms. The molecule has 1 aliphatic heterocycles. The molecule has 1 aliphatic rings. The molecule has 1 heterocycles. The van der Waals surface area contributed by atoms with Crippen LogP contribution in [0.2, 0.25) is 0 Å². The molecule has 0 aromatic heterocycles. The summed E-state index contributed by atoms with van der Waals surface area (Å²) in [6.07, 6.45) is -3.81. The first-order valence-corrected chi connectivity index (χ1v) is 8.46. The highest BCUT2D eigenvalue weighted by Crippen LogP contribution is 2.31. The van der Waals surface area contributed by atoms with Gasteiger partial charge in [-0.25, -0.2) is 0 Å². The van der Waals surface area contributed by atoms with E-state index in [0.717, 1.165) is 12.1 Å². The molecular formula is C18H21F3N2O4. The van der Waals surface area contributed by atoms with Crippen LogP contribution >= 0.6 is 0 Å². The molecule has 0 aliphatic carbocycles. The third-order valence-electron chi connectivity index (χ3n) is 4.39. The molecule has 0 radical (unpaired) electrons. The van der Waals surface area contributed by atoms with Gasteiger partial charge in [-0.05, 0) is 11.6 Å². The maximum Gasteiger partial charge on any atom is 0.416 e. The Morgan fingerprint density at radius 1 is 1.22 bits per heavy atom. The molecule has 1 saturated heterocycles. The zero-order chi connectivity index (χ0) is 20.0. The highest BCUT2D eigenvalue weighted by atomic mass is 19.4. The Morgan fingerprint density at radius 3 is 2.44 bits per heavy atom. The Labute approximate surface area is 154 Å². The standard InChI is InChI=1S/C18H21F3N2O4/c1-13(25)27-12-17(26)23-7-5-22(6-8-23)10-15(11-24)14-3-2-4-16(9-14)18(19,20)21/h2-4,9,11,15H,5-8,10,12H2,1H3. The summed E-state index contributed by atoms with van der Waals surface area (Å²) in [5, 5.41) is 0. The summed E-state index contributed by atoms with van der Waals surface area (Å²) in [5.74, 6) is -1.51. The average Bonchev–Trinajstić information content (AvgIpc) is 2.64. The smallest absolute Gasteiger partial charge is 0.416 e. The van der Waals surface area contributed by atoms with Gasteiger partial charge in [0.05, 0.1) is 11.5 Å². The van der Waals surface area contributed by atoms with Gasteiger partial charge in [-0.2, -0.15) is 13.2 Å². The number of carbonyl (C=O) groups is 3. The zero-order valence-corrected chi connectivity index (χ0v) is 14.9. The van der Waals surface area contributed by atoms with Crippen molar-refractivity contribution in [2.24, 2.45) is 0 Å². The van der Waals surface area contributed by atoms with Crippen molar-refractivity contribution in [1.29, 1.82) is 0 Å². The van der Waals surface area contributed by atoms with Crippen LogP contribution in [0.5, 0.6) is 0 Å². The van der Waals surface area contributed by atoms with Crippen molar-refractivity contribution in [2.75, 3.05) is 39.3 Å². The lowest BCUT2D eigenvalue weighted by Crippen LogP contribution is -2.50. The van der Waals surface area contributed by atoms with E-state index in [4.69, 9.17) is 0 Å². The van der Waals surface area contributed by atoms with Gasteiger partial charge in [0.15, 0.2) is 6.61 Å². The van der Waals surface area contributed by atoms with Crippen LogP contribution < -0.4 is 0 Å². The van der Waals surface area contributed by atoms with Gasteiger partial charge in [-0.3, -0.25) is 14.5 Å². The Morgan fingerprint density at radius 2 is 1.89 bits per heavy atom. The molecule has 1 atom stereocenters. The second-order valence-electron chi connectivity index (χ2n) is 6.33. The Bertz CT molecular complexity index is 685. The summed E-state index contributed by atoms with van der Waals surface area (Å²) in [6.45, 7) is 2.94. The summed E-state index contributed by atoms with van der Waals surface area (Å²) in [7, 11) is 0. The lowest BCUT2D eigenvalue weighted by atomic mass is 9.97. The Kier molecular flexibility index (Phi) is 6.95. The van der Waals surface area contributed by atoms with E-state index in [-0.39, 0.29) is 19.1 Å². The Balaban J connectivity index is 1.92. The van der Waals surface area contributed by atoms with Crippen molar-refractivity contribution in [1.82, 2.24) is 9.80 Å². The van der Waals surface area contributed by atoms with E-state index in [2.05, 4.69) is 4.74 Å². The largest absolute Gasteiger partial charge is 0.456 e. The summed E-state index contributed by atoms with van der Waals surface area (Å²) in [4.78, 5) is 37.6. The monoisotopic (exact) mass is 386 g/mol. The molecule has 148 valence electrons. The van der Waals surface area contributed by atoms with Gasteiger partial charge in [0.1, 0.15) is 6.29 Å². The van der Waals surface area contributed by atoms with Gasteiger partial charge in [0.2, 0.25) is 0 Å². The molecular weight excluding hydrogens is 365 g/mol. The Hall–Kier alpha value is -2.42. The van der Waals surface area contributed by atoms with Crippen molar-refractivity contribution < 1.29 is 32.3 Å². The number of carbonyl (C=O) groups excluding carboxylic acids is 3. The number of hydrogen-bond donors (Lipinski definition) is 0. The van der Waals surface area contributed by atoms with Gasteiger partial charge >= 0.3 is 12.1 Å². The second kappa shape index (κ2) is 8.98. The van der Waals surface area contributed by atoms with Gasteiger partial charge in [-0.1, -0.05) is 18.2 Å². The number of esters is 1. The van der Waals surface area contributed by atoms with E-state index >= 15 is 0 Å². The highest BCUT2D eigenvalue weighted by molar-refractivity contribution is 5.80. The van der Waals surface area contributed by atoms with Crippen LogP contribution in [0.1, 0.15) is 24.0 Å². The number of rotatable bonds is 6. The van der Waals surface area contributed by atoms with Crippen molar-refractivity contribution in [3.05, 3.63) is 35.4 Å². The number of alkyl halides is 3. The first-order chi connectivity index (χ1) is 12.7. The average molecular weight is 386 g/mol. The highest BCUT2D eigenvalue weighted by Gasteiger charge is 2.31. The third kappa shape index (κ3) is 6.06. The van der Waals surface area contributed by atoms with Crippen LogP contribution in [0, 0.1) is 0 Å². The summed E-state index contributed by atoms with van der Waals surface area (Å²) in [5.41, 5.74) is -0.471. The molecule has 6 nitrogen and oxygen atoms in total. The lowest BCUT2D eigenvalue weighted by molar-refractivity contribution is -0.151. The molecule has 1 amide bonds. The zero-order valence-electron chi connectivity index (χ0n) is 14.9. The maximum atomic E-state index is 12.9. The van der Waals surface area contributed by atoms with Gasteiger partial charge < -0.3 is 14.4 Å². The fraction of sp³-hybridized carbons (Fsp3) is 0.500. The predicted octanol–water partition coefficient (Wildman–Crippen LogP) is 1.70. The molecule has 1 fully saturated rings. The summed E-state index contributed by atoms with van der Waals surface area (Å²) < 4.78 is 43.3. The topological polar surface area (TPSA) is 66.9 Å². The maximum absolute atomic E-state index is 12.9. The fourth-order valence-corrected chi connectivity index (χ4v) is 2.89. The molecule has 0 saturated carbocycles. The molecule has 2 rings (SSSR count). The molecule has 0 N–H and O–H groups in total. The molecule has 1 aromatic carbocycles. The quantitative estimate of drug-likeness (QED) is 0.550. The molecule has 1 aromatic rings. The van der Waals surface area contributed by atoms with Crippen LogP contribution in [-0.4, -0.2) is 67.3 Å². The first kappa shape index (κ1) is 20.9. The number of amides is 1. The van der Waals surface area contributed by atoms with Crippen molar-refractivity contribution in [2.45, 2.75) is 19.0 Å². The minimum Gasteiger partial charge on any atom is -0.456 e. The molecule has 9 heteroatoms. The van der Waals surface area contributed by atoms with E-state index in [1.807, 2.05) is 4.90 Å². The van der Waals surface area contributed by atoms with Crippen LogP contribution in [-0.2, 0) is 25.3 Å². The van der Waals surface area contributed by atoms with Crippen LogP contribution in [0.25, 0.3) is 0 Å². The lowest BCUT2D eigenvalue weighted by Gasteiger charge is -2.35. The summed E-state index contributed by atoms with van der Waals surface area (Å²) in [6, 6.07) is 4.77. The SMILES string of the molecule is CC(=O)OCC(=O)N1CCN(CC(C=O)c2cccc(C(F)(F)F)c2)CC1. The van der Waals surface area contributed by atoms with Gasteiger partial charge in [-0.15, -0.1) is 0 Å². The normalized spacial score (nSPS) is 16.7. The minimum absolute atomic E-state index is 0.275. The van der Waals surface area contributed by atoms with E-state index in [9.17, 15) is 27.6 Å². The van der Waals surface area contributed by atoms with Gasteiger partial charge in [0.25, 0.3) is 5.91 Å². The van der Waals surface area contributed by atoms with Crippen molar-refractivity contribution >= 4 is 18.2 Å². The van der Waals surface area contributed by atoms with E-state index in [1.165, 1.54) is 19.1 Å². The second-order valence-corrected chi connectivity index (χ2v) is 6.33. The molecule has 0 spiro atoms. The number of hydrogen-bond acceptors (Lipinski definition) is 5. The number of ether oxygens (including phenoxy) is 1. The van der Waals surface area contributed by atoms with E-state index < -0.39 is 23.6 Å². The number of halogens is 3. The minimum atomic E-state index is -4.46. The van der Waals surface area contributed by atoms with Crippen molar-refractivity contribution in [3.63, 3.8) is 0 Å². The van der Waals surface area contributed by atoms with Crippen LogP contribution in [0.4, 0.5) is 13.2 Å². The van der Waals surface area contributed by atoms with Crippen LogP contribution in [0.15, 0.2) is 24.3 Å². The van der Waals surface area contributed by atoms with Crippen LogP contribution in [0.3, 0.4) is 0 Å². The summed E-state index contributed by atoms with van der Waals surface area (Å²) >= 11 is 0. The third-order valence-corrected chi connectivity index (χ3v) is 4.39. The number of benzene rings is 1. The first-order valence-electron chi connectivity index (χ1n) is 8.46. The van der Waals surface area contributed by atoms with E-state index in [1.54, 1.807) is 4.90 Å². The van der Waals surface area contributed by atoms with E-state index in [0.29, 0.717) is 38.0 Å². The molecule has 27 heavy (non-hydrogen) atoms. The number of aldehydes is 1. The number of piperazine rings is 1. The number of nitrogens with zero attached hydrogens (tertiary/aromatic N) is 2. The van der Waals surface area contributed by atoms with Crippen molar-refractivity contribution in [3.8, 4) is 0 Å². The molecule has 1 unspecified atom stereocenters. The van der Waals surface area contributed by atoms with Gasteiger partial charge in [0, 0.05) is 39.6 Å². The fourth-order valence-electron chi connectivity index (χ4n) is 2.89. The predicted molar refractivity (Wildman–Crippen MR) is 89.9 cm³/mol.